The van der Waals surface area contributed by atoms with Gasteiger partial charge in [0.05, 0.1) is 11.3 Å². The molecule has 0 unspecified atom stereocenters. The Morgan fingerprint density at radius 3 is 2.74 bits per heavy atom. The van der Waals surface area contributed by atoms with E-state index in [0.717, 1.165) is 36.3 Å². The lowest BCUT2D eigenvalue weighted by molar-refractivity contribution is 0.244. The monoisotopic (exact) mass is 428 g/mol. The molecule has 6 heteroatoms. The highest BCUT2D eigenvalue weighted by molar-refractivity contribution is 7.15. The maximum atomic E-state index is 12.8. The van der Waals surface area contributed by atoms with Gasteiger partial charge in [0.2, 0.25) is 0 Å². The Morgan fingerprint density at radius 2 is 1.94 bits per heavy atom. The lowest BCUT2D eigenvalue weighted by atomic mass is 10.1. The average molecular weight is 429 g/mol. The highest BCUT2D eigenvalue weighted by Crippen LogP contribution is 2.30. The van der Waals surface area contributed by atoms with Crippen LogP contribution in [0.25, 0.3) is 21.8 Å². The van der Waals surface area contributed by atoms with Gasteiger partial charge in [-0.15, -0.1) is 11.3 Å². The molecule has 1 aliphatic rings. The first kappa shape index (κ1) is 19.7. The molecular formula is C25H24N4OS. The molecule has 2 aromatic heterocycles. The van der Waals surface area contributed by atoms with Gasteiger partial charge in [-0.1, -0.05) is 29.8 Å². The van der Waals surface area contributed by atoms with Crippen molar-refractivity contribution in [2.75, 3.05) is 12.3 Å². The Labute approximate surface area is 185 Å². The summed E-state index contributed by atoms with van der Waals surface area (Å²) in [5.74, 6) is 0.609. The molecular weight excluding hydrogens is 404 g/mol. The molecule has 0 radical (unpaired) electrons. The van der Waals surface area contributed by atoms with Crippen molar-refractivity contribution in [2.45, 2.75) is 26.4 Å². The topological polar surface area (TPSA) is 75.0 Å². The van der Waals surface area contributed by atoms with Gasteiger partial charge in [0.1, 0.15) is 5.82 Å². The van der Waals surface area contributed by atoms with Crippen molar-refractivity contribution in [1.29, 1.82) is 0 Å². The van der Waals surface area contributed by atoms with Crippen molar-refractivity contribution in [2.24, 2.45) is 0 Å². The van der Waals surface area contributed by atoms with E-state index in [2.05, 4.69) is 53.2 Å². The number of nitrogens with two attached hydrogens (primary N) is 1. The fourth-order valence-electron chi connectivity index (χ4n) is 4.03. The van der Waals surface area contributed by atoms with Crippen LogP contribution >= 0.6 is 11.3 Å². The zero-order valence-corrected chi connectivity index (χ0v) is 18.2. The number of aromatic nitrogens is 2. The Kier molecular flexibility index (Phi) is 5.18. The Bertz CT molecular complexity index is 1290. The Hall–Kier alpha value is -3.22. The lowest BCUT2D eigenvalue weighted by Crippen LogP contribution is -2.35. The molecule has 3 N–H and O–H groups in total. The van der Waals surface area contributed by atoms with Gasteiger partial charge < -0.3 is 10.7 Å². The van der Waals surface area contributed by atoms with Gasteiger partial charge in [0.15, 0.2) is 0 Å². The van der Waals surface area contributed by atoms with Crippen molar-refractivity contribution >= 4 is 17.0 Å². The van der Waals surface area contributed by atoms with E-state index in [1.807, 2.05) is 35.6 Å². The summed E-state index contributed by atoms with van der Waals surface area (Å²) in [5, 5.41) is 0. The van der Waals surface area contributed by atoms with Gasteiger partial charge >= 0.3 is 0 Å². The van der Waals surface area contributed by atoms with Gasteiger partial charge in [-0.3, -0.25) is 9.69 Å². The van der Waals surface area contributed by atoms with Gasteiger partial charge in [-0.05, 0) is 48.9 Å². The molecule has 156 valence electrons. The van der Waals surface area contributed by atoms with Gasteiger partial charge in [0, 0.05) is 47.1 Å². The second kappa shape index (κ2) is 8.13. The second-order valence-electron chi connectivity index (χ2n) is 8.06. The van der Waals surface area contributed by atoms with E-state index in [1.54, 1.807) is 0 Å². The van der Waals surface area contributed by atoms with Gasteiger partial charge in [-0.25, -0.2) is 4.98 Å². The van der Waals surface area contributed by atoms with Crippen molar-refractivity contribution in [1.82, 2.24) is 14.9 Å². The number of aryl methyl sites for hydroxylation is 1. The van der Waals surface area contributed by atoms with Crippen molar-refractivity contribution in [3.05, 3.63) is 92.7 Å². The van der Waals surface area contributed by atoms with E-state index in [1.165, 1.54) is 20.9 Å². The summed E-state index contributed by atoms with van der Waals surface area (Å²) in [6.45, 7) is 4.47. The summed E-state index contributed by atoms with van der Waals surface area (Å²) in [5.41, 5.74) is 11.5. The van der Waals surface area contributed by atoms with Crippen LogP contribution in [-0.2, 0) is 19.5 Å². The van der Waals surface area contributed by atoms with Crippen LogP contribution < -0.4 is 11.3 Å². The van der Waals surface area contributed by atoms with E-state index in [0.29, 0.717) is 18.1 Å². The number of rotatable bonds is 4. The van der Waals surface area contributed by atoms with Crippen LogP contribution in [-0.4, -0.2) is 21.4 Å². The first-order valence-electron chi connectivity index (χ1n) is 10.4. The van der Waals surface area contributed by atoms with E-state index < -0.39 is 0 Å². The average Bonchev–Trinajstić information content (AvgIpc) is 3.23. The molecule has 5 rings (SSSR count). The lowest BCUT2D eigenvalue weighted by Gasteiger charge is -2.27. The standard InChI is InChI=1S/C25H24N4OS/c1-16-3-2-4-18(13-16)23-10-9-20(31-23)14-29-12-11-22-21(15-29)25(30)28-24(27-22)17-5-7-19(26)8-6-17/h2-10,13H,11-12,14-15,26H2,1H3,(H,27,28,30). The molecule has 0 saturated carbocycles. The van der Waals surface area contributed by atoms with E-state index in [-0.39, 0.29) is 5.56 Å². The minimum atomic E-state index is -0.0480. The van der Waals surface area contributed by atoms with Crippen LogP contribution in [0.4, 0.5) is 5.69 Å². The Balaban J connectivity index is 1.33. The molecule has 31 heavy (non-hydrogen) atoms. The van der Waals surface area contributed by atoms with E-state index >= 15 is 0 Å². The van der Waals surface area contributed by atoms with Crippen LogP contribution in [0.5, 0.6) is 0 Å². The second-order valence-corrected chi connectivity index (χ2v) is 9.23. The predicted octanol–water partition coefficient (Wildman–Crippen LogP) is 4.61. The summed E-state index contributed by atoms with van der Waals surface area (Å²) in [4.78, 5) is 25.4. The normalized spacial score (nSPS) is 13.8. The molecule has 0 spiro atoms. The number of hydrogen-bond acceptors (Lipinski definition) is 5. The third kappa shape index (κ3) is 4.17. The summed E-state index contributed by atoms with van der Waals surface area (Å²) in [6, 6.07) is 20.4. The first-order chi connectivity index (χ1) is 15.0. The molecule has 4 aromatic rings. The summed E-state index contributed by atoms with van der Waals surface area (Å²) < 4.78 is 0. The highest BCUT2D eigenvalue weighted by Gasteiger charge is 2.22. The predicted molar refractivity (Wildman–Crippen MR) is 127 cm³/mol. The fourth-order valence-corrected chi connectivity index (χ4v) is 5.08. The molecule has 0 saturated heterocycles. The van der Waals surface area contributed by atoms with E-state index in [4.69, 9.17) is 10.7 Å². The number of anilines is 1. The molecule has 3 heterocycles. The smallest absolute Gasteiger partial charge is 0.255 e. The third-order valence-electron chi connectivity index (χ3n) is 5.68. The number of nitrogen functional groups attached to an aromatic ring is 1. The minimum Gasteiger partial charge on any atom is -0.399 e. The maximum absolute atomic E-state index is 12.8. The summed E-state index contributed by atoms with van der Waals surface area (Å²) >= 11 is 1.82. The molecule has 0 bridgehead atoms. The maximum Gasteiger partial charge on any atom is 0.255 e. The number of nitrogens with zero attached hydrogens (tertiary/aromatic N) is 2. The van der Waals surface area contributed by atoms with Crippen LogP contribution in [0.2, 0.25) is 0 Å². The minimum absolute atomic E-state index is 0.0480. The SMILES string of the molecule is Cc1cccc(-c2ccc(CN3CCc4nc(-c5ccc(N)cc5)[nH]c(=O)c4C3)s2)c1. The zero-order valence-electron chi connectivity index (χ0n) is 17.4. The number of hydrogen-bond donors (Lipinski definition) is 2. The molecule has 5 nitrogen and oxygen atoms in total. The fraction of sp³-hybridized carbons (Fsp3) is 0.200. The van der Waals surface area contributed by atoms with E-state index in [9.17, 15) is 4.79 Å². The van der Waals surface area contributed by atoms with Gasteiger partial charge in [-0.2, -0.15) is 0 Å². The van der Waals surface area contributed by atoms with Crippen molar-refractivity contribution in [3.63, 3.8) is 0 Å². The summed E-state index contributed by atoms with van der Waals surface area (Å²) in [6.07, 6.45) is 0.775. The number of benzene rings is 2. The molecule has 0 amide bonds. The molecule has 1 aliphatic heterocycles. The largest absolute Gasteiger partial charge is 0.399 e. The number of fused-ring (bicyclic) bond motifs is 1. The van der Waals surface area contributed by atoms with Crippen LogP contribution in [0, 0.1) is 6.92 Å². The Morgan fingerprint density at radius 1 is 1.10 bits per heavy atom. The molecule has 0 aliphatic carbocycles. The molecule has 2 aromatic carbocycles. The zero-order chi connectivity index (χ0) is 21.4. The molecule has 0 atom stereocenters. The number of H-pyrrole nitrogens is 1. The first-order valence-corrected chi connectivity index (χ1v) is 11.2. The van der Waals surface area contributed by atoms with Crippen LogP contribution in [0.1, 0.15) is 21.7 Å². The summed E-state index contributed by atoms with van der Waals surface area (Å²) in [7, 11) is 0. The molecule has 0 fully saturated rings. The number of nitrogens with one attached hydrogen (secondary N) is 1. The van der Waals surface area contributed by atoms with Crippen LogP contribution in [0.3, 0.4) is 0 Å². The number of aromatic amines is 1. The van der Waals surface area contributed by atoms with Gasteiger partial charge in [0.25, 0.3) is 5.56 Å². The van der Waals surface area contributed by atoms with Crippen LogP contribution in [0.15, 0.2) is 65.5 Å². The highest BCUT2D eigenvalue weighted by atomic mass is 32.1. The quantitative estimate of drug-likeness (QED) is 0.465. The van der Waals surface area contributed by atoms with Crippen molar-refractivity contribution < 1.29 is 0 Å². The number of thiophene rings is 1. The van der Waals surface area contributed by atoms with Crippen molar-refractivity contribution in [3.8, 4) is 21.8 Å². The third-order valence-corrected chi connectivity index (χ3v) is 6.79.